The number of hydrogen-bond acceptors (Lipinski definition) is 4. The molecule has 5 nitrogen and oxygen atoms in total. The van der Waals surface area contributed by atoms with E-state index in [0.717, 1.165) is 16.8 Å². The normalized spacial score (nSPS) is 16.8. The van der Waals surface area contributed by atoms with Crippen LogP contribution in [0.15, 0.2) is 46.1 Å². The number of hydrogen-bond donors (Lipinski definition) is 2. The summed E-state index contributed by atoms with van der Waals surface area (Å²) in [4.78, 5) is 27.9. The molecule has 0 aliphatic heterocycles. The zero-order chi connectivity index (χ0) is 16.4. The molecule has 1 aromatic carbocycles. The second-order valence-electron chi connectivity index (χ2n) is 5.37. The second-order valence-corrected chi connectivity index (χ2v) is 5.37. The highest BCUT2D eigenvalue weighted by Crippen LogP contribution is 2.25. The van der Waals surface area contributed by atoms with E-state index < -0.39 is 0 Å². The SMILES string of the molecule is CC(=O)NC1=C(C)C(=Nc2ccc(N)c(C)c2)C(C)=CC1=O. The van der Waals surface area contributed by atoms with Crippen LogP contribution in [0.1, 0.15) is 26.3 Å². The standard InChI is InChI=1S/C17H19N3O2/c1-9-7-13(5-6-14(9)18)20-16-10(2)8-15(22)17(11(16)3)19-12(4)21/h5-8H,18H2,1-4H3,(H,19,21). The zero-order valence-electron chi connectivity index (χ0n) is 13.2. The van der Waals surface area contributed by atoms with Crippen LogP contribution in [0.5, 0.6) is 0 Å². The lowest BCUT2D eigenvalue weighted by Gasteiger charge is -2.18. The lowest BCUT2D eigenvalue weighted by molar-refractivity contribution is -0.120. The van der Waals surface area contributed by atoms with Crippen LogP contribution in [0.4, 0.5) is 11.4 Å². The van der Waals surface area contributed by atoms with Crippen molar-refractivity contribution in [2.75, 3.05) is 5.73 Å². The number of benzene rings is 1. The number of carbonyl (C=O) groups excluding carboxylic acids is 2. The molecular weight excluding hydrogens is 278 g/mol. The third-order valence-corrected chi connectivity index (χ3v) is 3.49. The molecule has 1 aliphatic rings. The molecule has 0 bridgehead atoms. The van der Waals surface area contributed by atoms with Gasteiger partial charge in [-0.1, -0.05) is 0 Å². The van der Waals surface area contributed by atoms with Crippen molar-refractivity contribution < 1.29 is 9.59 Å². The van der Waals surface area contributed by atoms with Gasteiger partial charge in [-0.2, -0.15) is 0 Å². The second kappa shape index (κ2) is 5.97. The van der Waals surface area contributed by atoms with Crippen molar-refractivity contribution in [3.05, 3.63) is 46.7 Å². The number of allylic oxidation sites excluding steroid dienone is 3. The summed E-state index contributed by atoms with van der Waals surface area (Å²) >= 11 is 0. The van der Waals surface area contributed by atoms with Crippen LogP contribution in [-0.4, -0.2) is 17.4 Å². The first-order chi connectivity index (χ1) is 10.3. The number of nitrogens with two attached hydrogens (primary N) is 1. The Morgan fingerprint density at radius 1 is 1.23 bits per heavy atom. The molecule has 0 atom stereocenters. The highest BCUT2D eigenvalue weighted by Gasteiger charge is 2.22. The van der Waals surface area contributed by atoms with E-state index in [9.17, 15) is 9.59 Å². The summed E-state index contributed by atoms with van der Waals surface area (Å²) in [5.41, 5.74) is 10.6. The number of amides is 1. The molecular formula is C17H19N3O2. The van der Waals surface area contributed by atoms with E-state index in [-0.39, 0.29) is 17.4 Å². The first-order valence-electron chi connectivity index (χ1n) is 6.96. The highest BCUT2D eigenvalue weighted by molar-refractivity contribution is 6.25. The van der Waals surface area contributed by atoms with Gasteiger partial charge in [-0.15, -0.1) is 0 Å². The van der Waals surface area contributed by atoms with Gasteiger partial charge < -0.3 is 11.1 Å². The Labute approximate surface area is 129 Å². The number of ketones is 1. The largest absolute Gasteiger partial charge is 0.399 e. The van der Waals surface area contributed by atoms with Gasteiger partial charge in [0.25, 0.3) is 0 Å². The average molecular weight is 297 g/mol. The molecule has 114 valence electrons. The van der Waals surface area contributed by atoms with Crippen LogP contribution < -0.4 is 11.1 Å². The van der Waals surface area contributed by atoms with Crippen LogP contribution in [0.3, 0.4) is 0 Å². The number of nitrogens with one attached hydrogen (secondary N) is 1. The summed E-state index contributed by atoms with van der Waals surface area (Å²) in [5.74, 6) is -0.490. The van der Waals surface area contributed by atoms with Crippen molar-refractivity contribution in [3.8, 4) is 0 Å². The summed E-state index contributed by atoms with van der Waals surface area (Å²) in [6.07, 6.45) is 1.49. The summed E-state index contributed by atoms with van der Waals surface area (Å²) < 4.78 is 0. The van der Waals surface area contributed by atoms with Gasteiger partial charge in [-0.3, -0.25) is 9.59 Å². The maximum Gasteiger partial charge on any atom is 0.221 e. The molecule has 5 heteroatoms. The Balaban J connectivity index is 2.51. The average Bonchev–Trinajstić information content (AvgIpc) is 2.43. The third kappa shape index (κ3) is 3.14. The molecule has 0 unspecified atom stereocenters. The minimum absolute atomic E-state index is 0.211. The number of anilines is 1. The van der Waals surface area contributed by atoms with Gasteiger partial charge in [0.15, 0.2) is 0 Å². The van der Waals surface area contributed by atoms with Crippen LogP contribution in [0.25, 0.3) is 0 Å². The Hall–Kier alpha value is -2.69. The summed E-state index contributed by atoms with van der Waals surface area (Å²) in [7, 11) is 0. The fourth-order valence-electron chi connectivity index (χ4n) is 2.30. The minimum Gasteiger partial charge on any atom is -0.399 e. The van der Waals surface area contributed by atoms with Crippen molar-refractivity contribution in [1.82, 2.24) is 5.32 Å². The maximum absolute atomic E-state index is 12.0. The molecule has 0 spiro atoms. The summed E-state index contributed by atoms with van der Waals surface area (Å²) in [6.45, 7) is 6.90. The van der Waals surface area contributed by atoms with Crippen LogP contribution >= 0.6 is 0 Å². The van der Waals surface area contributed by atoms with E-state index >= 15 is 0 Å². The zero-order valence-corrected chi connectivity index (χ0v) is 13.2. The first kappa shape index (κ1) is 15.7. The molecule has 1 aromatic rings. The van der Waals surface area contributed by atoms with Crippen molar-refractivity contribution in [1.29, 1.82) is 0 Å². The van der Waals surface area contributed by atoms with E-state index in [0.29, 0.717) is 17.0 Å². The fourth-order valence-corrected chi connectivity index (χ4v) is 2.30. The van der Waals surface area contributed by atoms with Gasteiger partial charge >= 0.3 is 0 Å². The number of nitrogen functional groups attached to an aromatic ring is 1. The predicted molar refractivity (Wildman–Crippen MR) is 88.0 cm³/mol. The van der Waals surface area contributed by atoms with Gasteiger partial charge in [0.2, 0.25) is 11.7 Å². The summed E-state index contributed by atoms with van der Waals surface area (Å²) in [5, 5.41) is 2.58. The molecule has 22 heavy (non-hydrogen) atoms. The molecule has 0 saturated heterocycles. The molecule has 0 radical (unpaired) electrons. The number of rotatable bonds is 2. The molecule has 0 saturated carbocycles. The molecule has 1 amide bonds. The van der Waals surface area contributed by atoms with Crippen LogP contribution in [0.2, 0.25) is 0 Å². The third-order valence-electron chi connectivity index (χ3n) is 3.49. The van der Waals surface area contributed by atoms with E-state index in [1.54, 1.807) is 13.0 Å². The number of carbonyl (C=O) groups is 2. The number of aliphatic imine (C=N–C) groups is 1. The number of aryl methyl sites for hydroxylation is 1. The molecule has 3 N–H and O–H groups in total. The predicted octanol–water partition coefficient (Wildman–Crippen LogP) is 2.59. The van der Waals surface area contributed by atoms with Gasteiger partial charge in [0.1, 0.15) is 0 Å². The molecule has 1 aliphatic carbocycles. The molecule has 0 aromatic heterocycles. The lowest BCUT2D eigenvalue weighted by Crippen LogP contribution is -2.30. The Morgan fingerprint density at radius 2 is 1.91 bits per heavy atom. The lowest BCUT2D eigenvalue weighted by atomic mass is 9.94. The van der Waals surface area contributed by atoms with Gasteiger partial charge in [-0.25, -0.2) is 4.99 Å². The van der Waals surface area contributed by atoms with E-state index in [4.69, 9.17) is 5.73 Å². The molecule has 2 rings (SSSR count). The van der Waals surface area contributed by atoms with E-state index in [1.807, 2.05) is 26.0 Å². The Morgan fingerprint density at radius 3 is 2.50 bits per heavy atom. The first-order valence-corrected chi connectivity index (χ1v) is 6.96. The monoisotopic (exact) mass is 297 g/mol. The van der Waals surface area contributed by atoms with Gasteiger partial charge in [0, 0.05) is 18.2 Å². The van der Waals surface area contributed by atoms with Crippen molar-refractivity contribution >= 4 is 28.8 Å². The van der Waals surface area contributed by atoms with Crippen molar-refractivity contribution in [3.63, 3.8) is 0 Å². The molecule has 0 fully saturated rings. The topological polar surface area (TPSA) is 84.6 Å². The maximum atomic E-state index is 12.0. The van der Waals surface area contributed by atoms with Crippen molar-refractivity contribution in [2.24, 2.45) is 4.99 Å². The fraction of sp³-hybridized carbons (Fsp3) is 0.235. The Bertz CT molecular complexity index is 755. The highest BCUT2D eigenvalue weighted by atomic mass is 16.2. The van der Waals surface area contributed by atoms with Crippen LogP contribution in [0, 0.1) is 6.92 Å². The quantitative estimate of drug-likeness (QED) is 0.650. The van der Waals surface area contributed by atoms with Crippen molar-refractivity contribution in [2.45, 2.75) is 27.7 Å². The van der Waals surface area contributed by atoms with E-state index in [2.05, 4.69) is 10.3 Å². The minimum atomic E-state index is -0.279. The van der Waals surface area contributed by atoms with E-state index in [1.165, 1.54) is 13.0 Å². The smallest absolute Gasteiger partial charge is 0.221 e. The van der Waals surface area contributed by atoms with Gasteiger partial charge in [-0.05, 0) is 56.2 Å². The van der Waals surface area contributed by atoms with Crippen LogP contribution in [-0.2, 0) is 9.59 Å². The summed E-state index contributed by atoms with van der Waals surface area (Å²) in [6, 6.07) is 5.51. The Kier molecular flexibility index (Phi) is 4.26. The molecule has 0 heterocycles. The van der Waals surface area contributed by atoms with Gasteiger partial charge in [0.05, 0.1) is 17.1 Å². The number of nitrogens with zero attached hydrogens (tertiary/aromatic N) is 1.